The van der Waals surface area contributed by atoms with Crippen molar-refractivity contribution in [2.75, 3.05) is 20.2 Å². The van der Waals surface area contributed by atoms with Crippen molar-refractivity contribution >= 4 is 6.03 Å². The molecular weight excluding hydrogens is 292 g/mol. The molecule has 0 saturated carbocycles. The van der Waals surface area contributed by atoms with Crippen LogP contribution in [-0.2, 0) is 24.3 Å². The molecule has 0 unspecified atom stereocenters. The molecule has 0 atom stereocenters. The number of ether oxygens (including phenoxy) is 1. The first-order valence-electron chi connectivity index (χ1n) is 7.76. The lowest BCUT2D eigenvalue weighted by Crippen LogP contribution is -2.38. The largest absolute Gasteiger partial charge is 0.377 e. The van der Waals surface area contributed by atoms with Crippen molar-refractivity contribution in [2.45, 2.75) is 26.5 Å². The Morgan fingerprint density at radius 2 is 1.96 bits per heavy atom. The Kier molecular flexibility index (Phi) is 6.62. The lowest BCUT2D eigenvalue weighted by molar-refractivity contribution is 0.174. The van der Waals surface area contributed by atoms with E-state index in [4.69, 9.17) is 4.74 Å². The maximum absolute atomic E-state index is 11.8. The second-order valence-corrected chi connectivity index (χ2v) is 5.32. The van der Waals surface area contributed by atoms with Gasteiger partial charge in [0.05, 0.1) is 0 Å². The molecule has 1 heterocycles. The molecule has 0 aliphatic heterocycles. The summed E-state index contributed by atoms with van der Waals surface area (Å²) in [5.74, 6) is 0.872. The van der Waals surface area contributed by atoms with Crippen LogP contribution in [0.15, 0.2) is 36.5 Å². The zero-order valence-corrected chi connectivity index (χ0v) is 13.7. The smallest absolute Gasteiger partial charge is 0.314 e. The van der Waals surface area contributed by atoms with Gasteiger partial charge in [-0.15, -0.1) is 0 Å². The van der Waals surface area contributed by atoms with Gasteiger partial charge in [-0.05, 0) is 18.9 Å². The summed E-state index contributed by atoms with van der Waals surface area (Å²) in [4.78, 5) is 16.1. The third kappa shape index (κ3) is 5.41. The Bertz CT molecular complexity index is 610. The number of nitrogens with one attached hydrogen (secondary N) is 2. The van der Waals surface area contributed by atoms with Crippen molar-refractivity contribution in [3.63, 3.8) is 0 Å². The third-order valence-electron chi connectivity index (χ3n) is 3.57. The summed E-state index contributed by atoms with van der Waals surface area (Å²) in [5.41, 5.74) is 2.27. The van der Waals surface area contributed by atoms with E-state index in [-0.39, 0.29) is 6.03 Å². The molecule has 0 spiro atoms. The Morgan fingerprint density at radius 1 is 1.22 bits per heavy atom. The molecule has 1 aromatic carbocycles. The first-order chi connectivity index (χ1) is 11.2. The van der Waals surface area contributed by atoms with Gasteiger partial charge in [-0.2, -0.15) is 0 Å². The number of rotatable bonds is 8. The van der Waals surface area contributed by atoms with Gasteiger partial charge in [-0.25, -0.2) is 9.78 Å². The highest BCUT2D eigenvalue weighted by Crippen LogP contribution is 2.04. The molecule has 0 fully saturated rings. The fourth-order valence-corrected chi connectivity index (χ4v) is 2.37. The van der Waals surface area contributed by atoms with E-state index in [0.29, 0.717) is 26.2 Å². The van der Waals surface area contributed by atoms with Gasteiger partial charge in [-0.3, -0.25) is 0 Å². The minimum absolute atomic E-state index is 0.146. The molecule has 1 aromatic heterocycles. The van der Waals surface area contributed by atoms with Crippen LogP contribution < -0.4 is 10.6 Å². The zero-order chi connectivity index (χ0) is 16.5. The number of imidazole rings is 1. The summed E-state index contributed by atoms with van der Waals surface area (Å²) in [6.07, 6.45) is 2.64. The molecule has 2 N–H and O–H groups in total. The maximum Gasteiger partial charge on any atom is 0.314 e. The third-order valence-corrected chi connectivity index (χ3v) is 3.57. The average Bonchev–Trinajstić information content (AvgIpc) is 2.90. The topological polar surface area (TPSA) is 68.2 Å². The van der Waals surface area contributed by atoms with Crippen molar-refractivity contribution in [1.82, 2.24) is 20.2 Å². The van der Waals surface area contributed by atoms with Gasteiger partial charge < -0.3 is 19.9 Å². The molecule has 0 saturated heterocycles. The summed E-state index contributed by atoms with van der Waals surface area (Å²) in [7, 11) is 1.65. The molecule has 0 aliphatic rings. The van der Waals surface area contributed by atoms with Gasteiger partial charge >= 0.3 is 6.03 Å². The quantitative estimate of drug-likeness (QED) is 0.781. The second kappa shape index (κ2) is 8.95. The number of urea groups is 1. The van der Waals surface area contributed by atoms with Gasteiger partial charge in [0.15, 0.2) is 0 Å². The monoisotopic (exact) mass is 316 g/mol. The van der Waals surface area contributed by atoms with Gasteiger partial charge in [0.25, 0.3) is 0 Å². The molecule has 0 aliphatic carbocycles. The van der Waals surface area contributed by atoms with Gasteiger partial charge in [-0.1, -0.05) is 30.3 Å². The molecule has 0 radical (unpaired) electrons. The van der Waals surface area contributed by atoms with Crippen LogP contribution >= 0.6 is 0 Å². The summed E-state index contributed by atoms with van der Waals surface area (Å²) in [6, 6.07) is 9.95. The molecule has 23 heavy (non-hydrogen) atoms. The van der Waals surface area contributed by atoms with E-state index in [9.17, 15) is 4.79 Å². The van der Waals surface area contributed by atoms with Crippen molar-refractivity contribution in [1.29, 1.82) is 0 Å². The van der Waals surface area contributed by atoms with Gasteiger partial charge in [0, 0.05) is 38.6 Å². The minimum Gasteiger partial charge on any atom is -0.377 e. The number of aromatic nitrogens is 2. The normalized spacial score (nSPS) is 10.5. The predicted octanol–water partition coefficient (Wildman–Crippen LogP) is 1.88. The standard InChI is InChI=1S/C17H24N4O2/c1-14-12-20-16(13-23-2)21(14)11-10-19-17(22)18-9-8-15-6-4-3-5-7-15/h3-7,12H,8-11,13H2,1-2H3,(H2,18,19,22). The molecule has 2 rings (SSSR count). The van der Waals surface area contributed by atoms with Crippen molar-refractivity contribution in [2.24, 2.45) is 0 Å². The van der Waals surface area contributed by atoms with Crippen LogP contribution in [0.3, 0.4) is 0 Å². The Labute approximate surface area is 136 Å². The number of hydrogen-bond donors (Lipinski definition) is 2. The van der Waals surface area contributed by atoms with Crippen LogP contribution in [0.5, 0.6) is 0 Å². The predicted molar refractivity (Wildman–Crippen MR) is 89.2 cm³/mol. The Hall–Kier alpha value is -2.34. The van der Waals surface area contributed by atoms with E-state index in [1.54, 1.807) is 7.11 Å². The van der Waals surface area contributed by atoms with Crippen LogP contribution in [-0.4, -0.2) is 35.8 Å². The van der Waals surface area contributed by atoms with Crippen molar-refractivity contribution in [3.8, 4) is 0 Å². The molecule has 2 amide bonds. The summed E-state index contributed by atoms with van der Waals surface area (Å²) in [5, 5.41) is 5.73. The summed E-state index contributed by atoms with van der Waals surface area (Å²) in [6.45, 7) is 4.31. The van der Waals surface area contributed by atoms with Crippen LogP contribution in [0.1, 0.15) is 17.1 Å². The van der Waals surface area contributed by atoms with E-state index in [2.05, 4.69) is 27.8 Å². The highest BCUT2D eigenvalue weighted by atomic mass is 16.5. The van der Waals surface area contributed by atoms with E-state index in [1.165, 1.54) is 5.56 Å². The highest BCUT2D eigenvalue weighted by molar-refractivity contribution is 5.73. The average molecular weight is 316 g/mol. The summed E-state index contributed by atoms with van der Waals surface area (Å²) < 4.78 is 7.17. The van der Waals surface area contributed by atoms with E-state index >= 15 is 0 Å². The van der Waals surface area contributed by atoms with Crippen LogP contribution in [0, 0.1) is 6.92 Å². The molecule has 6 nitrogen and oxygen atoms in total. The molecule has 2 aromatic rings. The molecular formula is C17H24N4O2. The number of aryl methyl sites for hydroxylation is 1. The number of amides is 2. The first-order valence-corrected chi connectivity index (χ1v) is 7.76. The number of hydrogen-bond acceptors (Lipinski definition) is 3. The van der Waals surface area contributed by atoms with Crippen LogP contribution in [0.2, 0.25) is 0 Å². The minimum atomic E-state index is -0.146. The van der Waals surface area contributed by atoms with E-state index < -0.39 is 0 Å². The molecule has 0 bridgehead atoms. The van der Waals surface area contributed by atoms with Gasteiger partial charge in [0.2, 0.25) is 0 Å². The Morgan fingerprint density at radius 3 is 2.70 bits per heavy atom. The van der Waals surface area contributed by atoms with Crippen LogP contribution in [0.25, 0.3) is 0 Å². The fourth-order valence-electron chi connectivity index (χ4n) is 2.37. The molecule has 124 valence electrons. The number of carbonyl (C=O) groups is 1. The number of benzene rings is 1. The highest BCUT2D eigenvalue weighted by Gasteiger charge is 2.07. The SMILES string of the molecule is COCc1ncc(C)n1CCNC(=O)NCCc1ccccc1. The van der Waals surface area contributed by atoms with E-state index in [0.717, 1.165) is 17.9 Å². The second-order valence-electron chi connectivity index (χ2n) is 5.32. The first kappa shape index (κ1) is 17.0. The summed E-state index contributed by atoms with van der Waals surface area (Å²) >= 11 is 0. The van der Waals surface area contributed by atoms with E-state index in [1.807, 2.05) is 35.9 Å². The number of nitrogens with zero attached hydrogens (tertiary/aromatic N) is 2. The number of methoxy groups -OCH3 is 1. The van der Waals surface area contributed by atoms with Crippen LogP contribution in [0.4, 0.5) is 4.79 Å². The number of carbonyl (C=O) groups excluding carboxylic acids is 1. The van der Waals surface area contributed by atoms with Crippen molar-refractivity contribution < 1.29 is 9.53 Å². The lowest BCUT2D eigenvalue weighted by Gasteiger charge is -2.11. The van der Waals surface area contributed by atoms with Gasteiger partial charge in [0.1, 0.15) is 12.4 Å². The zero-order valence-electron chi connectivity index (χ0n) is 13.7. The fraction of sp³-hybridized carbons (Fsp3) is 0.412. The molecule has 6 heteroatoms. The Balaban J connectivity index is 1.68. The van der Waals surface area contributed by atoms with Crippen molar-refractivity contribution in [3.05, 3.63) is 53.6 Å². The lowest BCUT2D eigenvalue weighted by atomic mass is 10.1. The maximum atomic E-state index is 11.8.